The van der Waals surface area contributed by atoms with Gasteiger partial charge < -0.3 is 15.8 Å². The van der Waals surface area contributed by atoms with Crippen LogP contribution in [0.1, 0.15) is 26.7 Å². The van der Waals surface area contributed by atoms with E-state index in [0.717, 1.165) is 19.4 Å². The van der Waals surface area contributed by atoms with Crippen LogP contribution in [0.2, 0.25) is 0 Å². The number of primary amides is 1. The second-order valence-corrected chi connectivity index (χ2v) is 4.08. The van der Waals surface area contributed by atoms with Gasteiger partial charge in [0.15, 0.2) is 0 Å². The molecule has 6 heteroatoms. The molecule has 0 aliphatic carbocycles. The normalized spacial score (nSPS) is 23.8. The molecule has 4 N–H and O–H groups in total. The molecule has 0 saturated carbocycles. The van der Waals surface area contributed by atoms with Gasteiger partial charge in [-0.15, -0.1) is 0 Å². The summed E-state index contributed by atoms with van der Waals surface area (Å²) in [6.45, 7) is 4.42. The largest absolute Gasteiger partial charge is 0.377 e. The molecule has 3 amide bonds. The molecule has 0 bridgehead atoms. The maximum Gasteiger partial charge on any atom is 0.318 e. The van der Waals surface area contributed by atoms with E-state index in [2.05, 4.69) is 5.32 Å². The molecular formula is C10H19N3O3. The molecule has 0 spiro atoms. The lowest BCUT2D eigenvalue weighted by molar-refractivity contribution is -0.122. The standard InChI is InChI=1S/C10H19N3O3/c1-6(8-4-3-5-16-8)12-7(2)9(14)13-10(11)15/h6-8,12H,3-5H2,1-2H3,(H3,11,13,14,15). The van der Waals surface area contributed by atoms with Crippen LogP contribution in [0, 0.1) is 0 Å². The molecule has 0 radical (unpaired) electrons. The number of urea groups is 1. The molecule has 6 nitrogen and oxygen atoms in total. The van der Waals surface area contributed by atoms with Gasteiger partial charge in [-0.05, 0) is 26.7 Å². The first-order chi connectivity index (χ1) is 7.50. The predicted molar refractivity (Wildman–Crippen MR) is 58.8 cm³/mol. The lowest BCUT2D eigenvalue weighted by Crippen LogP contribution is -2.51. The quantitative estimate of drug-likeness (QED) is 0.618. The van der Waals surface area contributed by atoms with Crippen molar-refractivity contribution in [3.05, 3.63) is 0 Å². The second kappa shape index (κ2) is 5.81. The topological polar surface area (TPSA) is 93.4 Å². The molecule has 1 aliphatic rings. The summed E-state index contributed by atoms with van der Waals surface area (Å²) in [5.74, 6) is -0.419. The highest BCUT2D eigenvalue weighted by atomic mass is 16.5. The monoisotopic (exact) mass is 229 g/mol. The van der Waals surface area contributed by atoms with Crippen molar-refractivity contribution in [3.8, 4) is 0 Å². The third-order valence-electron chi connectivity index (χ3n) is 2.68. The van der Waals surface area contributed by atoms with Gasteiger partial charge in [-0.3, -0.25) is 10.1 Å². The minimum Gasteiger partial charge on any atom is -0.377 e. The van der Waals surface area contributed by atoms with Gasteiger partial charge in [-0.25, -0.2) is 4.79 Å². The Bertz CT molecular complexity index is 264. The number of carbonyl (C=O) groups excluding carboxylic acids is 2. The predicted octanol–water partition coefficient (Wildman–Crippen LogP) is -0.273. The summed E-state index contributed by atoms with van der Waals surface area (Å²) in [5.41, 5.74) is 4.86. The molecule has 0 aromatic heterocycles. The minimum absolute atomic E-state index is 0.0797. The molecule has 1 saturated heterocycles. The average Bonchev–Trinajstić information content (AvgIpc) is 2.68. The molecule has 1 aliphatic heterocycles. The lowest BCUT2D eigenvalue weighted by Gasteiger charge is -2.23. The first-order valence-corrected chi connectivity index (χ1v) is 5.48. The van der Waals surface area contributed by atoms with Crippen LogP contribution < -0.4 is 16.4 Å². The molecule has 1 rings (SSSR count). The van der Waals surface area contributed by atoms with Crippen LogP contribution in [0.4, 0.5) is 4.79 Å². The van der Waals surface area contributed by atoms with E-state index in [-0.39, 0.29) is 12.1 Å². The van der Waals surface area contributed by atoms with Crippen LogP contribution in [0.5, 0.6) is 0 Å². The fraction of sp³-hybridized carbons (Fsp3) is 0.800. The smallest absolute Gasteiger partial charge is 0.318 e. The Morgan fingerprint density at radius 2 is 2.12 bits per heavy atom. The fourth-order valence-corrected chi connectivity index (χ4v) is 1.80. The zero-order valence-corrected chi connectivity index (χ0v) is 9.66. The van der Waals surface area contributed by atoms with Crippen molar-refractivity contribution in [2.24, 2.45) is 5.73 Å². The van der Waals surface area contributed by atoms with Gasteiger partial charge in [0.05, 0.1) is 12.1 Å². The Balaban J connectivity index is 2.34. The first kappa shape index (κ1) is 12.9. The van der Waals surface area contributed by atoms with Crippen molar-refractivity contribution in [1.29, 1.82) is 0 Å². The number of carbonyl (C=O) groups is 2. The van der Waals surface area contributed by atoms with Crippen LogP contribution in [0.25, 0.3) is 0 Å². The minimum atomic E-state index is -0.830. The summed E-state index contributed by atoms with van der Waals surface area (Å²) >= 11 is 0. The third-order valence-corrected chi connectivity index (χ3v) is 2.68. The number of ether oxygens (including phenoxy) is 1. The summed E-state index contributed by atoms with van der Waals surface area (Å²) in [6, 6.07) is -1.22. The van der Waals surface area contributed by atoms with E-state index in [9.17, 15) is 9.59 Å². The Morgan fingerprint density at radius 3 is 2.62 bits per heavy atom. The molecule has 16 heavy (non-hydrogen) atoms. The average molecular weight is 229 g/mol. The molecule has 0 aromatic rings. The van der Waals surface area contributed by atoms with E-state index >= 15 is 0 Å². The van der Waals surface area contributed by atoms with E-state index in [0.29, 0.717) is 0 Å². The number of imide groups is 1. The van der Waals surface area contributed by atoms with Gasteiger partial charge in [-0.1, -0.05) is 0 Å². The van der Waals surface area contributed by atoms with Gasteiger partial charge in [-0.2, -0.15) is 0 Å². The molecule has 3 atom stereocenters. The zero-order valence-electron chi connectivity index (χ0n) is 9.66. The maximum atomic E-state index is 11.4. The maximum absolute atomic E-state index is 11.4. The Morgan fingerprint density at radius 1 is 1.44 bits per heavy atom. The van der Waals surface area contributed by atoms with E-state index in [4.69, 9.17) is 10.5 Å². The van der Waals surface area contributed by atoms with Gasteiger partial charge >= 0.3 is 6.03 Å². The SMILES string of the molecule is CC(NC(C)C1CCCO1)C(=O)NC(N)=O. The van der Waals surface area contributed by atoms with Crippen molar-refractivity contribution in [3.63, 3.8) is 0 Å². The molecule has 1 fully saturated rings. The van der Waals surface area contributed by atoms with Gasteiger partial charge in [0.25, 0.3) is 0 Å². The summed E-state index contributed by atoms with van der Waals surface area (Å²) in [6.07, 6.45) is 2.19. The number of nitrogens with two attached hydrogens (primary N) is 1. The van der Waals surface area contributed by atoms with Gasteiger partial charge in [0, 0.05) is 12.6 Å². The van der Waals surface area contributed by atoms with Crippen LogP contribution in [-0.4, -0.2) is 36.7 Å². The van der Waals surface area contributed by atoms with E-state index < -0.39 is 18.0 Å². The zero-order chi connectivity index (χ0) is 12.1. The van der Waals surface area contributed by atoms with Crippen molar-refractivity contribution >= 4 is 11.9 Å². The van der Waals surface area contributed by atoms with Crippen molar-refractivity contribution in [1.82, 2.24) is 10.6 Å². The van der Waals surface area contributed by atoms with Gasteiger partial charge in [0.1, 0.15) is 0 Å². The van der Waals surface area contributed by atoms with Crippen LogP contribution in [-0.2, 0) is 9.53 Å². The highest BCUT2D eigenvalue weighted by Gasteiger charge is 2.25. The highest BCUT2D eigenvalue weighted by Crippen LogP contribution is 2.15. The number of hydrogen-bond acceptors (Lipinski definition) is 4. The Kier molecular flexibility index (Phi) is 4.70. The number of hydrogen-bond donors (Lipinski definition) is 3. The summed E-state index contributed by atoms with van der Waals surface area (Å²) < 4.78 is 5.49. The Labute approximate surface area is 94.9 Å². The van der Waals surface area contributed by atoms with Crippen molar-refractivity contribution in [2.75, 3.05) is 6.61 Å². The van der Waals surface area contributed by atoms with E-state index in [1.807, 2.05) is 12.2 Å². The van der Waals surface area contributed by atoms with Crippen molar-refractivity contribution in [2.45, 2.75) is 44.9 Å². The van der Waals surface area contributed by atoms with Crippen LogP contribution >= 0.6 is 0 Å². The fourth-order valence-electron chi connectivity index (χ4n) is 1.80. The Hall–Kier alpha value is -1.14. The summed E-state index contributed by atoms with van der Waals surface area (Å²) in [4.78, 5) is 21.9. The number of nitrogens with one attached hydrogen (secondary N) is 2. The van der Waals surface area contributed by atoms with Gasteiger partial charge in [0.2, 0.25) is 5.91 Å². The molecule has 92 valence electrons. The molecule has 3 unspecified atom stereocenters. The summed E-state index contributed by atoms with van der Waals surface area (Å²) in [7, 11) is 0. The molecule has 1 heterocycles. The first-order valence-electron chi connectivity index (χ1n) is 5.48. The highest BCUT2D eigenvalue weighted by molar-refractivity contribution is 5.96. The second-order valence-electron chi connectivity index (χ2n) is 4.08. The van der Waals surface area contributed by atoms with Crippen LogP contribution in [0.3, 0.4) is 0 Å². The third kappa shape index (κ3) is 3.79. The number of amides is 3. The molecule has 0 aromatic carbocycles. The molecular weight excluding hydrogens is 210 g/mol. The lowest BCUT2D eigenvalue weighted by atomic mass is 10.1. The van der Waals surface area contributed by atoms with E-state index in [1.165, 1.54) is 0 Å². The number of rotatable bonds is 4. The van der Waals surface area contributed by atoms with Crippen LogP contribution in [0.15, 0.2) is 0 Å². The van der Waals surface area contributed by atoms with E-state index in [1.54, 1.807) is 6.92 Å². The van der Waals surface area contributed by atoms with Crippen molar-refractivity contribution < 1.29 is 14.3 Å². The summed E-state index contributed by atoms with van der Waals surface area (Å²) in [5, 5.41) is 5.12.